The standard InChI is InChI=1S/C12H16O2/c1-7-5-9(13)3-4-10-8(2)12(14)6-11(7)10/h7,11H,3-6H2,1-2H3/t7-,11-/m0/s1. The van der Waals surface area contributed by atoms with Gasteiger partial charge in [0.25, 0.3) is 0 Å². The molecule has 1 saturated carbocycles. The highest BCUT2D eigenvalue weighted by Crippen LogP contribution is 2.40. The summed E-state index contributed by atoms with van der Waals surface area (Å²) in [7, 11) is 0. The molecule has 2 atom stereocenters. The molecule has 0 heterocycles. The van der Waals surface area contributed by atoms with Crippen molar-refractivity contribution in [3.05, 3.63) is 11.1 Å². The Bertz CT molecular complexity index is 325. The van der Waals surface area contributed by atoms with E-state index < -0.39 is 0 Å². The van der Waals surface area contributed by atoms with E-state index in [4.69, 9.17) is 0 Å². The largest absolute Gasteiger partial charge is 0.300 e. The Kier molecular flexibility index (Phi) is 2.30. The predicted octanol–water partition coefficient (Wildman–Crippen LogP) is 2.28. The molecule has 0 aromatic heterocycles. The molecule has 0 radical (unpaired) electrons. The van der Waals surface area contributed by atoms with Crippen LogP contribution in [-0.4, -0.2) is 11.6 Å². The summed E-state index contributed by atoms with van der Waals surface area (Å²) in [4.78, 5) is 22.9. The monoisotopic (exact) mass is 192 g/mol. The van der Waals surface area contributed by atoms with Gasteiger partial charge in [0.1, 0.15) is 5.78 Å². The molecule has 2 rings (SSSR count). The first-order valence-corrected chi connectivity index (χ1v) is 5.34. The molecule has 2 aliphatic rings. The first-order valence-electron chi connectivity index (χ1n) is 5.34. The van der Waals surface area contributed by atoms with Crippen LogP contribution >= 0.6 is 0 Å². The topological polar surface area (TPSA) is 34.1 Å². The molecule has 2 heteroatoms. The van der Waals surface area contributed by atoms with E-state index >= 15 is 0 Å². The van der Waals surface area contributed by atoms with Crippen LogP contribution < -0.4 is 0 Å². The summed E-state index contributed by atoms with van der Waals surface area (Å²) < 4.78 is 0. The van der Waals surface area contributed by atoms with E-state index in [0.29, 0.717) is 42.7 Å². The van der Waals surface area contributed by atoms with Crippen molar-refractivity contribution in [2.75, 3.05) is 0 Å². The quantitative estimate of drug-likeness (QED) is 0.590. The van der Waals surface area contributed by atoms with Gasteiger partial charge in [-0.05, 0) is 30.8 Å². The van der Waals surface area contributed by atoms with Gasteiger partial charge < -0.3 is 0 Å². The van der Waals surface area contributed by atoms with Crippen LogP contribution in [0.5, 0.6) is 0 Å². The summed E-state index contributed by atoms with van der Waals surface area (Å²) >= 11 is 0. The normalized spacial score (nSPS) is 33.3. The Balaban J connectivity index is 2.33. The molecule has 0 aliphatic heterocycles. The second kappa shape index (κ2) is 3.34. The van der Waals surface area contributed by atoms with Crippen molar-refractivity contribution < 1.29 is 9.59 Å². The van der Waals surface area contributed by atoms with Crippen LogP contribution in [0.2, 0.25) is 0 Å². The number of carbonyl (C=O) groups excluding carboxylic acids is 2. The van der Waals surface area contributed by atoms with Crippen LogP contribution in [-0.2, 0) is 9.59 Å². The number of allylic oxidation sites excluding steroid dienone is 2. The Morgan fingerprint density at radius 2 is 1.86 bits per heavy atom. The van der Waals surface area contributed by atoms with Crippen molar-refractivity contribution in [3.63, 3.8) is 0 Å². The molecule has 0 saturated heterocycles. The van der Waals surface area contributed by atoms with Crippen LogP contribution in [0.25, 0.3) is 0 Å². The van der Waals surface area contributed by atoms with Crippen LogP contribution in [0.1, 0.15) is 39.5 Å². The summed E-state index contributed by atoms with van der Waals surface area (Å²) in [6.07, 6.45) is 2.77. The maximum absolute atomic E-state index is 11.5. The summed E-state index contributed by atoms with van der Waals surface area (Å²) in [6, 6.07) is 0. The number of Topliss-reactive ketones (excluding diaryl/α,β-unsaturated/α-hetero) is 2. The number of rotatable bonds is 0. The summed E-state index contributed by atoms with van der Waals surface area (Å²) in [6.45, 7) is 4.01. The van der Waals surface area contributed by atoms with Gasteiger partial charge in [0.15, 0.2) is 5.78 Å². The number of fused-ring (bicyclic) bond motifs is 1. The summed E-state index contributed by atoms with van der Waals surface area (Å²) in [5.41, 5.74) is 2.21. The van der Waals surface area contributed by atoms with E-state index in [9.17, 15) is 9.59 Å². The van der Waals surface area contributed by atoms with Gasteiger partial charge in [-0.15, -0.1) is 0 Å². The fraction of sp³-hybridized carbons (Fsp3) is 0.667. The van der Waals surface area contributed by atoms with Crippen molar-refractivity contribution in [2.24, 2.45) is 11.8 Å². The molecular formula is C12H16O2. The zero-order valence-corrected chi connectivity index (χ0v) is 8.80. The zero-order valence-electron chi connectivity index (χ0n) is 8.80. The lowest BCUT2D eigenvalue weighted by molar-refractivity contribution is -0.120. The Morgan fingerprint density at radius 3 is 2.57 bits per heavy atom. The number of ketones is 2. The van der Waals surface area contributed by atoms with Crippen molar-refractivity contribution in [2.45, 2.75) is 39.5 Å². The molecule has 0 aromatic carbocycles. The van der Waals surface area contributed by atoms with E-state index in [2.05, 4.69) is 6.92 Å². The maximum atomic E-state index is 11.5. The molecule has 0 amide bonds. The molecule has 0 N–H and O–H groups in total. The van der Waals surface area contributed by atoms with Crippen molar-refractivity contribution in [3.8, 4) is 0 Å². The SMILES string of the molecule is CC1=C2CCC(=O)C[C@H](C)[C@@H]2CC1=O. The smallest absolute Gasteiger partial charge is 0.159 e. The van der Waals surface area contributed by atoms with E-state index in [-0.39, 0.29) is 0 Å². The lowest BCUT2D eigenvalue weighted by atomic mass is 9.87. The van der Waals surface area contributed by atoms with E-state index in [1.165, 1.54) is 5.57 Å². The third-order valence-corrected chi connectivity index (χ3v) is 3.66. The van der Waals surface area contributed by atoms with Crippen LogP contribution in [0, 0.1) is 11.8 Å². The number of hydrogen-bond donors (Lipinski definition) is 0. The van der Waals surface area contributed by atoms with Gasteiger partial charge in [-0.1, -0.05) is 12.5 Å². The van der Waals surface area contributed by atoms with Crippen molar-refractivity contribution in [1.29, 1.82) is 0 Å². The highest BCUT2D eigenvalue weighted by atomic mass is 16.1. The van der Waals surface area contributed by atoms with Crippen LogP contribution in [0.15, 0.2) is 11.1 Å². The Morgan fingerprint density at radius 1 is 1.14 bits per heavy atom. The van der Waals surface area contributed by atoms with Gasteiger partial charge in [-0.3, -0.25) is 9.59 Å². The highest BCUT2D eigenvalue weighted by molar-refractivity contribution is 5.99. The lowest BCUT2D eigenvalue weighted by Gasteiger charge is -2.17. The first kappa shape index (κ1) is 9.63. The third-order valence-electron chi connectivity index (χ3n) is 3.66. The molecule has 0 bridgehead atoms. The van der Waals surface area contributed by atoms with Gasteiger partial charge in [-0.2, -0.15) is 0 Å². The fourth-order valence-electron chi connectivity index (χ4n) is 2.73. The zero-order chi connectivity index (χ0) is 10.3. The number of carbonyl (C=O) groups is 2. The van der Waals surface area contributed by atoms with Gasteiger partial charge in [0.05, 0.1) is 0 Å². The minimum atomic E-state index is 0.297. The molecule has 2 aliphatic carbocycles. The molecule has 1 fully saturated rings. The molecule has 14 heavy (non-hydrogen) atoms. The summed E-state index contributed by atoms with van der Waals surface area (Å²) in [5.74, 6) is 1.39. The van der Waals surface area contributed by atoms with Crippen molar-refractivity contribution >= 4 is 11.6 Å². The molecular weight excluding hydrogens is 176 g/mol. The van der Waals surface area contributed by atoms with E-state index in [1.807, 2.05) is 6.92 Å². The Labute approximate surface area is 84.4 Å². The highest BCUT2D eigenvalue weighted by Gasteiger charge is 2.35. The third kappa shape index (κ3) is 1.43. The van der Waals surface area contributed by atoms with E-state index in [0.717, 1.165) is 12.0 Å². The first-order chi connectivity index (χ1) is 6.59. The predicted molar refractivity (Wildman–Crippen MR) is 53.8 cm³/mol. The van der Waals surface area contributed by atoms with E-state index in [1.54, 1.807) is 0 Å². The average molecular weight is 192 g/mol. The lowest BCUT2D eigenvalue weighted by Crippen LogP contribution is -2.12. The van der Waals surface area contributed by atoms with Gasteiger partial charge in [0.2, 0.25) is 0 Å². The maximum Gasteiger partial charge on any atom is 0.159 e. The molecule has 0 spiro atoms. The minimum Gasteiger partial charge on any atom is -0.300 e. The van der Waals surface area contributed by atoms with Crippen LogP contribution in [0.3, 0.4) is 0 Å². The van der Waals surface area contributed by atoms with Gasteiger partial charge >= 0.3 is 0 Å². The average Bonchev–Trinajstić information content (AvgIpc) is 2.32. The molecule has 76 valence electrons. The fourth-order valence-corrected chi connectivity index (χ4v) is 2.73. The molecule has 0 aromatic rings. The van der Waals surface area contributed by atoms with Crippen LogP contribution in [0.4, 0.5) is 0 Å². The second-order valence-corrected chi connectivity index (χ2v) is 4.60. The Hall–Kier alpha value is -0.920. The second-order valence-electron chi connectivity index (χ2n) is 4.60. The van der Waals surface area contributed by atoms with Gasteiger partial charge in [-0.25, -0.2) is 0 Å². The molecule has 0 unspecified atom stereocenters. The summed E-state index contributed by atoms with van der Waals surface area (Å²) in [5, 5.41) is 0. The minimum absolute atomic E-state index is 0.297. The van der Waals surface area contributed by atoms with Gasteiger partial charge in [0, 0.05) is 19.3 Å². The molecule has 2 nitrogen and oxygen atoms in total. The van der Waals surface area contributed by atoms with Crippen molar-refractivity contribution in [1.82, 2.24) is 0 Å². The number of hydrogen-bond acceptors (Lipinski definition) is 2.